The first-order valence-corrected chi connectivity index (χ1v) is 12.7. The van der Waals surface area contributed by atoms with Crippen molar-refractivity contribution < 1.29 is 9.84 Å². The van der Waals surface area contributed by atoms with Crippen LogP contribution in [-0.4, -0.2) is 39.0 Å². The number of aliphatic hydroxyl groups excluding tert-OH is 1. The zero-order valence-electron chi connectivity index (χ0n) is 21.8. The third kappa shape index (κ3) is 6.84. The lowest BCUT2D eigenvalue weighted by atomic mass is 10.1. The summed E-state index contributed by atoms with van der Waals surface area (Å²) >= 11 is 0. The minimum atomic E-state index is -0.461. The molecular formula is C31H37N3O2. The van der Waals surface area contributed by atoms with Gasteiger partial charge < -0.3 is 9.84 Å². The lowest BCUT2D eigenvalue weighted by molar-refractivity contribution is 0.101. The molecule has 0 fully saturated rings. The van der Waals surface area contributed by atoms with Gasteiger partial charge in [0.1, 0.15) is 5.75 Å². The molecule has 0 spiro atoms. The fourth-order valence-electron chi connectivity index (χ4n) is 4.55. The predicted octanol–water partition coefficient (Wildman–Crippen LogP) is 6.34. The van der Waals surface area contributed by atoms with Crippen LogP contribution in [0.4, 0.5) is 0 Å². The van der Waals surface area contributed by atoms with Gasteiger partial charge >= 0.3 is 0 Å². The number of aliphatic hydroxyl groups is 1. The van der Waals surface area contributed by atoms with Gasteiger partial charge in [-0.15, -0.1) is 0 Å². The highest BCUT2D eigenvalue weighted by Crippen LogP contribution is 2.32. The molecule has 0 amide bonds. The molecule has 36 heavy (non-hydrogen) atoms. The van der Waals surface area contributed by atoms with E-state index in [1.54, 1.807) is 0 Å². The number of hydrogen-bond donors (Lipinski definition) is 1. The molecule has 0 aliphatic heterocycles. The fraction of sp³-hybridized carbons (Fsp3) is 0.323. The molecule has 4 aromatic rings. The third-order valence-electron chi connectivity index (χ3n) is 6.13. The maximum atomic E-state index is 11.0. The van der Waals surface area contributed by atoms with E-state index in [1.165, 1.54) is 0 Å². The number of nitrogens with zero attached hydrogens (tertiary/aromatic N) is 3. The molecule has 1 aromatic heterocycles. The lowest BCUT2D eigenvalue weighted by Gasteiger charge is -2.27. The van der Waals surface area contributed by atoms with Gasteiger partial charge in [-0.25, -0.2) is 4.68 Å². The van der Waals surface area contributed by atoms with E-state index in [9.17, 15) is 5.11 Å². The van der Waals surface area contributed by atoms with Crippen molar-refractivity contribution in [1.29, 1.82) is 0 Å². The number of para-hydroxylation sites is 1. The maximum Gasteiger partial charge on any atom is 0.227 e. The average Bonchev–Trinajstić information content (AvgIpc) is 3.14. The van der Waals surface area contributed by atoms with Gasteiger partial charge in [-0.1, -0.05) is 74.5 Å². The monoisotopic (exact) mass is 483 g/mol. The highest BCUT2D eigenvalue weighted by Gasteiger charge is 2.23. The number of rotatable bonds is 11. The van der Waals surface area contributed by atoms with Crippen molar-refractivity contribution >= 4 is 0 Å². The molecule has 0 saturated carbocycles. The average molecular weight is 484 g/mol. The molecule has 1 heterocycles. The summed E-state index contributed by atoms with van der Waals surface area (Å²) < 4.78 is 8.40. The molecule has 4 rings (SSSR count). The Morgan fingerprint density at radius 3 is 2.25 bits per heavy atom. The first-order chi connectivity index (χ1) is 17.4. The van der Waals surface area contributed by atoms with Gasteiger partial charge in [0.15, 0.2) is 0 Å². The summed E-state index contributed by atoms with van der Waals surface area (Å²) in [4.78, 5) is 2.32. The van der Waals surface area contributed by atoms with Crippen LogP contribution in [-0.2, 0) is 13.0 Å². The van der Waals surface area contributed by atoms with Crippen molar-refractivity contribution in [3.63, 3.8) is 0 Å². The van der Waals surface area contributed by atoms with E-state index in [2.05, 4.69) is 43.9 Å². The Morgan fingerprint density at radius 2 is 1.58 bits per heavy atom. The second-order valence-electron chi connectivity index (χ2n) is 9.97. The summed E-state index contributed by atoms with van der Waals surface area (Å²) in [6.45, 7) is 10.6. The quantitative estimate of drug-likeness (QED) is 0.270. The smallest absolute Gasteiger partial charge is 0.227 e. The summed E-state index contributed by atoms with van der Waals surface area (Å²) in [6, 6.07) is 28.3. The van der Waals surface area contributed by atoms with Crippen molar-refractivity contribution in [2.45, 2.75) is 46.8 Å². The number of benzene rings is 3. The van der Waals surface area contributed by atoms with Gasteiger partial charge in [0.05, 0.1) is 23.0 Å². The highest BCUT2D eigenvalue weighted by molar-refractivity contribution is 5.43. The largest absolute Gasteiger partial charge is 0.439 e. The Kier molecular flexibility index (Phi) is 8.57. The van der Waals surface area contributed by atoms with E-state index >= 15 is 0 Å². The fourth-order valence-corrected chi connectivity index (χ4v) is 4.55. The van der Waals surface area contributed by atoms with Gasteiger partial charge in [0.2, 0.25) is 5.88 Å². The minimum Gasteiger partial charge on any atom is -0.439 e. The van der Waals surface area contributed by atoms with Crippen molar-refractivity contribution in [1.82, 2.24) is 14.7 Å². The molecule has 0 unspecified atom stereocenters. The second kappa shape index (κ2) is 12.0. The normalized spacial score (nSPS) is 12.3. The van der Waals surface area contributed by atoms with Crippen molar-refractivity contribution in [2.75, 3.05) is 13.1 Å². The van der Waals surface area contributed by atoms with Crippen LogP contribution in [0.2, 0.25) is 0 Å². The summed E-state index contributed by atoms with van der Waals surface area (Å²) in [5.74, 6) is 1.96. The lowest BCUT2D eigenvalue weighted by Crippen LogP contribution is -2.35. The molecular weight excluding hydrogens is 446 g/mol. The van der Waals surface area contributed by atoms with Crippen molar-refractivity contribution in [2.24, 2.45) is 5.92 Å². The Bertz CT molecular complexity index is 1240. The Labute approximate surface area is 215 Å². The number of aromatic nitrogens is 2. The standard InChI is InChI=1S/C31H37N3O2/c1-23(2)20-33(21-28(35)19-26-13-7-5-8-14-26)22-30-25(4)32-34(27-15-9-6-10-16-27)31(30)36-29-17-11-12-24(3)18-29/h5-18,23,28,35H,19-22H2,1-4H3/t28-/m1/s1. The third-order valence-corrected chi connectivity index (χ3v) is 6.13. The van der Waals surface area contributed by atoms with Gasteiger partial charge in [0.25, 0.3) is 0 Å². The number of ether oxygens (including phenoxy) is 1. The summed E-state index contributed by atoms with van der Waals surface area (Å²) in [7, 11) is 0. The van der Waals surface area contributed by atoms with Gasteiger partial charge in [-0.05, 0) is 61.6 Å². The van der Waals surface area contributed by atoms with Crippen molar-refractivity contribution in [3.8, 4) is 17.3 Å². The number of hydrogen-bond acceptors (Lipinski definition) is 4. The van der Waals surface area contributed by atoms with Crippen LogP contribution in [0.3, 0.4) is 0 Å². The molecule has 0 aliphatic carbocycles. The van der Waals surface area contributed by atoms with Crippen LogP contribution in [0.15, 0.2) is 84.9 Å². The summed E-state index contributed by atoms with van der Waals surface area (Å²) in [5.41, 5.74) is 5.20. The number of aryl methyl sites for hydroxylation is 2. The van der Waals surface area contributed by atoms with Crippen LogP contribution >= 0.6 is 0 Å². The molecule has 0 saturated heterocycles. The zero-order valence-corrected chi connectivity index (χ0v) is 21.8. The van der Waals surface area contributed by atoms with Crippen LogP contribution in [0.25, 0.3) is 5.69 Å². The molecule has 1 atom stereocenters. The van der Waals surface area contributed by atoms with Gasteiger partial charge in [-0.2, -0.15) is 5.10 Å². The first kappa shape index (κ1) is 25.7. The summed E-state index contributed by atoms with van der Waals surface area (Å²) in [5, 5.41) is 15.8. The molecule has 0 radical (unpaired) electrons. The highest BCUT2D eigenvalue weighted by atomic mass is 16.5. The SMILES string of the molecule is Cc1cccc(Oc2c(CN(CC(C)C)C[C@H](O)Cc3ccccc3)c(C)nn2-c2ccccc2)c1. The van der Waals surface area contributed by atoms with Crippen molar-refractivity contribution in [3.05, 3.63) is 107 Å². The molecule has 188 valence electrons. The Balaban J connectivity index is 1.64. The van der Waals surface area contributed by atoms with E-state index in [4.69, 9.17) is 9.84 Å². The maximum absolute atomic E-state index is 11.0. The Morgan fingerprint density at radius 1 is 0.889 bits per heavy atom. The zero-order chi connectivity index (χ0) is 25.5. The van der Waals surface area contributed by atoms with E-state index < -0.39 is 6.10 Å². The van der Waals surface area contributed by atoms with E-state index in [-0.39, 0.29) is 0 Å². The molecule has 0 bridgehead atoms. The van der Waals surface area contributed by atoms with Gasteiger partial charge in [0, 0.05) is 19.6 Å². The van der Waals surface area contributed by atoms with Crippen LogP contribution in [0.1, 0.15) is 36.2 Å². The minimum absolute atomic E-state index is 0.458. The van der Waals surface area contributed by atoms with E-state index in [1.807, 2.05) is 78.3 Å². The topological polar surface area (TPSA) is 50.5 Å². The van der Waals surface area contributed by atoms with Gasteiger partial charge in [-0.3, -0.25) is 4.90 Å². The molecule has 5 heteroatoms. The molecule has 1 N–H and O–H groups in total. The first-order valence-electron chi connectivity index (χ1n) is 12.7. The Hall–Kier alpha value is -3.41. The summed E-state index contributed by atoms with van der Waals surface area (Å²) in [6.07, 6.45) is 0.168. The van der Waals surface area contributed by atoms with E-state index in [0.29, 0.717) is 25.4 Å². The van der Waals surface area contributed by atoms with Crippen LogP contribution in [0.5, 0.6) is 11.6 Å². The molecule has 0 aliphatic rings. The molecule has 5 nitrogen and oxygen atoms in total. The predicted molar refractivity (Wildman–Crippen MR) is 146 cm³/mol. The van der Waals surface area contributed by atoms with Crippen LogP contribution in [0, 0.1) is 19.8 Å². The van der Waals surface area contributed by atoms with E-state index in [0.717, 1.165) is 46.2 Å². The van der Waals surface area contributed by atoms with Crippen LogP contribution < -0.4 is 4.74 Å². The molecule has 3 aromatic carbocycles. The second-order valence-corrected chi connectivity index (χ2v) is 9.97.